The Balaban J connectivity index is 1.40. The Labute approximate surface area is 136 Å². The molecular weight excluding hydrogens is 288 g/mol. The normalized spacial score (nSPS) is 13.6. The van der Waals surface area contributed by atoms with E-state index in [2.05, 4.69) is 22.8 Å². The summed E-state index contributed by atoms with van der Waals surface area (Å²) in [5.74, 6) is 0. The molecule has 0 spiro atoms. The number of carbonyl (C=O) groups excluding carboxylic acids is 1. The highest BCUT2D eigenvalue weighted by atomic mass is 16.3. The summed E-state index contributed by atoms with van der Waals surface area (Å²) in [6.45, 7) is 0.661. The molecule has 120 valence electrons. The lowest BCUT2D eigenvalue weighted by Crippen LogP contribution is -2.43. The maximum Gasteiger partial charge on any atom is 0.315 e. The molecule has 2 aromatic carbocycles. The Morgan fingerprint density at radius 3 is 2.22 bits per heavy atom. The Morgan fingerprint density at radius 2 is 1.61 bits per heavy atom. The molecule has 0 saturated heterocycles. The summed E-state index contributed by atoms with van der Waals surface area (Å²) in [6.07, 6.45) is 2.60. The second-order valence-corrected chi connectivity index (χ2v) is 6.00. The molecule has 0 bridgehead atoms. The summed E-state index contributed by atoms with van der Waals surface area (Å²) in [7, 11) is 0. The van der Waals surface area contributed by atoms with Crippen LogP contribution in [0.4, 0.5) is 4.79 Å². The van der Waals surface area contributed by atoms with Crippen LogP contribution in [-0.2, 0) is 25.9 Å². The van der Waals surface area contributed by atoms with Gasteiger partial charge in [0.2, 0.25) is 0 Å². The van der Waals surface area contributed by atoms with Crippen LogP contribution in [0.2, 0.25) is 0 Å². The van der Waals surface area contributed by atoms with Crippen molar-refractivity contribution in [1.29, 1.82) is 0 Å². The number of hydrogen-bond acceptors (Lipinski definition) is 2. The molecule has 0 aromatic heterocycles. The Bertz CT molecular complexity index is 642. The van der Waals surface area contributed by atoms with Crippen LogP contribution >= 0.6 is 0 Å². The molecule has 2 amide bonds. The molecule has 3 rings (SSSR count). The number of amides is 2. The van der Waals surface area contributed by atoms with E-state index in [1.54, 1.807) is 0 Å². The highest BCUT2D eigenvalue weighted by Crippen LogP contribution is 2.21. The lowest BCUT2D eigenvalue weighted by atomic mass is 10.1. The van der Waals surface area contributed by atoms with E-state index in [0.717, 1.165) is 30.4 Å². The first-order valence-electron chi connectivity index (χ1n) is 8.04. The van der Waals surface area contributed by atoms with Crippen LogP contribution in [0.3, 0.4) is 0 Å². The molecule has 0 fully saturated rings. The second-order valence-electron chi connectivity index (χ2n) is 6.00. The van der Waals surface area contributed by atoms with Crippen molar-refractivity contribution in [1.82, 2.24) is 10.6 Å². The smallest absolute Gasteiger partial charge is 0.315 e. The van der Waals surface area contributed by atoms with Crippen LogP contribution in [-0.4, -0.2) is 23.7 Å². The summed E-state index contributed by atoms with van der Waals surface area (Å²) in [4.78, 5) is 12.0. The van der Waals surface area contributed by atoms with Crippen LogP contribution in [0.1, 0.15) is 22.3 Å². The zero-order chi connectivity index (χ0) is 16.1. The first-order chi connectivity index (χ1) is 11.2. The van der Waals surface area contributed by atoms with E-state index in [9.17, 15) is 4.79 Å². The van der Waals surface area contributed by atoms with Crippen LogP contribution in [0, 0.1) is 0 Å². The number of benzene rings is 2. The van der Waals surface area contributed by atoms with Crippen LogP contribution in [0.15, 0.2) is 48.5 Å². The fraction of sp³-hybridized carbons (Fsp3) is 0.316. The second kappa shape index (κ2) is 7.29. The number of nitrogens with one attached hydrogen (secondary N) is 2. The van der Waals surface area contributed by atoms with Crippen LogP contribution < -0.4 is 10.6 Å². The van der Waals surface area contributed by atoms with Gasteiger partial charge < -0.3 is 15.7 Å². The molecule has 1 aliphatic carbocycles. The topological polar surface area (TPSA) is 61.4 Å². The molecule has 0 atom stereocenters. The van der Waals surface area contributed by atoms with E-state index in [-0.39, 0.29) is 18.7 Å². The Morgan fingerprint density at radius 1 is 1.00 bits per heavy atom. The van der Waals surface area contributed by atoms with Crippen molar-refractivity contribution in [2.75, 3.05) is 6.54 Å². The predicted molar refractivity (Wildman–Crippen MR) is 90.2 cm³/mol. The standard InChI is InChI=1S/C19H22N2O2/c22-13-15-7-5-14(6-8-15)9-10-20-19(23)21-18-11-16-3-1-2-4-17(16)12-18/h1-8,18,22H,9-13H2,(H2,20,21,23). The first-order valence-corrected chi connectivity index (χ1v) is 8.04. The summed E-state index contributed by atoms with van der Waals surface area (Å²) in [5.41, 5.74) is 4.72. The van der Waals surface area contributed by atoms with Gasteiger partial charge >= 0.3 is 6.03 Å². The molecule has 0 radical (unpaired) electrons. The average molecular weight is 310 g/mol. The van der Waals surface area contributed by atoms with Gasteiger partial charge in [-0.2, -0.15) is 0 Å². The van der Waals surface area contributed by atoms with Gasteiger partial charge in [-0.3, -0.25) is 0 Å². The van der Waals surface area contributed by atoms with Gasteiger partial charge in [0.05, 0.1) is 6.61 Å². The summed E-state index contributed by atoms with van der Waals surface area (Å²) < 4.78 is 0. The molecule has 3 N–H and O–H groups in total. The molecular formula is C19H22N2O2. The van der Waals surface area contributed by atoms with E-state index in [0.29, 0.717) is 6.54 Å². The van der Waals surface area contributed by atoms with E-state index in [1.807, 2.05) is 36.4 Å². The maximum atomic E-state index is 12.0. The minimum Gasteiger partial charge on any atom is -0.392 e. The van der Waals surface area contributed by atoms with E-state index >= 15 is 0 Å². The minimum absolute atomic E-state index is 0.0602. The molecule has 23 heavy (non-hydrogen) atoms. The Hall–Kier alpha value is -2.33. The van der Waals surface area contributed by atoms with Gasteiger partial charge in [0.1, 0.15) is 0 Å². The van der Waals surface area contributed by atoms with Gasteiger partial charge in [-0.1, -0.05) is 48.5 Å². The van der Waals surface area contributed by atoms with Gasteiger partial charge in [-0.25, -0.2) is 4.79 Å². The summed E-state index contributed by atoms with van der Waals surface area (Å²) in [6, 6.07) is 16.2. The SMILES string of the molecule is O=C(NCCc1ccc(CO)cc1)NC1Cc2ccccc2C1. The number of aliphatic hydroxyl groups excluding tert-OH is 1. The number of aliphatic hydroxyl groups is 1. The zero-order valence-corrected chi connectivity index (χ0v) is 13.1. The zero-order valence-electron chi connectivity index (χ0n) is 13.1. The lowest BCUT2D eigenvalue weighted by Gasteiger charge is -2.13. The van der Waals surface area contributed by atoms with E-state index < -0.39 is 0 Å². The largest absolute Gasteiger partial charge is 0.392 e. The fourth-order valence-electron chi connectivity index (χ4n) is 3.03. The lowest BCUT2D eigenvalue weighted by molar-refractivity contribution is 0.237. The number of urea groups is 1. The van der Waals surface area contributed by atoms with Crippen LogP contribution in [0.25, 0.3) is 0 Å². The number of fused-ring (bicyclic) bond motifs is 1. The molecule has 0 saturated carbocycles. The monoisotopic (exact) mass is 310 g/mol. The van der Waals surface area contributed by atoms with E-state index in [4.69, 9.17) is 5.11 Å². The van der Waals surface area contributed by atoms with Gasteiger partial charge in [0.25, 0.3) is 0 Å². The van der Waals surface area contributed by atoms with Gasteiger partial charge in [-0.05, 0) is 41.5 Å². The summed E-state index contributed by atoms with van der Waals surface area (Å²) in [5, 5.41) is 15.0. The van der Waals surface area contributed by atoms with E-state index in [1.165, 1.54) is 11.1 Å². The van der Waals surface area contributed by atoms with Crippen molar-refractivity contribution in [2.45, 2.75) is 31.9 Å². The van der Waals surface area contributed by atoms with Gasteiger partial charge in [0, 0.05) is 12.6 Å². The quantitative estimate of drug-likeness (QED) is 0.793. The van der Waals surface area contributed by atoms with Crippen molar-refractivity contribution in [3.8, 4) is 0 Å². The first kappa shape index (κ1) is 15.6. The molecule has 2 aromatic rings. The average Bonchev–Trinajstić information content (AvgIpc) is 2.97. The molecule has 0 unspecified atom stereocenters. The van der Waals surface area contributed by atoms with Gasteiger partial charge in [0.15, 0.2) is 0 Å². The van der Waals surface area contributed by atoms with Crippen molar-refractivity contribution < 1.29 is 9.90 Å². The molecule has 4 nitrogen and oxygen atoms in total. The third-order valence-corrected chi connectivity index (χ3v) is 4.29. The van der Waals surface area contributed by atoms with Crippen molar-refractivity contribution >= 4 is 6.03 Å². The highest BCUT2D eigenvalue weighted by molar-refractivity contribution is 5.74. The highest BCUT2D eigenvalue weighted by Gasteiger charge is 2.21. The van der Waals surface area contributed by atoms with Crippen molar-refractivity contribution in [3.63, 3.8) is 0 Å². The number of hydrogen-bond donors (Lipinski definition) is 3. The maximum absolute atomic E-state index is 12.0. The number of rotatable bonds is 5. The molecule has 0 aliphatic heterocycles. The predicted octanol–water partition coefficient (Wildman–Crippen LogP) is 2.19. The van der Waals surface area contributed by atoms with Crippen molar-refractivity contribution in [2.24, 2.45) is 0 Å². The number of carbonyl (C=O) groups is 1. The minimum atomic E-state index is -0.102. The third kappa shape index (κ3) is 4.11. The Kier molecular flexibility index (Phi) is 4.93. The fourth-order valence-corrected chi connectivity index (χ4v) is 3.03. The molecule has 0 heterocycles. The van der Waals surface area contributed by atoms with Gasteiger partial charge in [-0.15, -0.1) is 0 Å². The molecule has 1 aliphatic rings. The van der Waals surface area contributed by atoms with Crippen molar-refractivity contribution in [3.05, 3.63) is 70.8 Å². The summed E-state index contributed by atoms with van der Waals surface area (Å²) >= 11 is 0. The van der Waals surface area contributed by atoms with Crippen LogP contribution in [0.5, 0.6) is 0 Å². The molecule has 4 heteroatoms. The third-order valence-electron chi connectivity index (χ3n) is 4.29.